The van der Waals surface area contributed by atoms with Crippen LogP contribution in [0.3, 0.4) is 0 Å². The molecular weight excluding hydrogens is 262 g/mol. The van der Waals surface area contributed by atoms with Gasteiger partial charge in [-0.2, -0.15) is 0 Å². The van der Waals surface area contributed by atoms with Crippen molar-refractivity contribution in [1.82, 2.24) is 15.1 Å². The monoisotopic (exact) mass is 293 g/mol. The summed E-state index contributed by atoms with van der Waals surface area (Å²) in [5, 5.41) is 3.63. The molecule has 3 atom stereocenters. The van der Waals surface area contributed by atoms with Crippen LogP contribution in [0.2, 0.25) is 0 Å². The molecule has 4 heteroatoms. The molecule has 0 radical (unpaired) electrons. The van der Waals surface area contributed by atoms with E-state index in [1.165, 1.54) is 44.9 Å². The van der Waals surface area contributed by atoms with Crippen molar-refractivity contribution in [3.63, 3.8) is 0 Å². The molecule has 3 fully saturated rings. The molecule has 3 aliphatic heterocycles. The number of piperidine rings is 2. The predicted octanol–water partition coefficient (Wildman–Crippen LogP) is 1.99. The lowest BCUT2D eigenvalue weighted by Gasteiger charge is -2.51. The van der Waals surface area contributed by atoms with Gasteiger partial charge in [-0.15, -0.1) is 0 Å². The summed E-state index contributed by atoms with van der Waals surface area (Å²) in [6.45, 7) is 7.37. The van der Waals surface area contributed by atoms with Gasteiger partial charge in [0.2, 0.25) is 5.91 Å². The summed E-state index contributed by atoms with van der Waals surface area (Å²) in [7, 11) is 0. The van der Waals surface area contributed by atoms with Crippen molar-refractivity contribution < 1.29 is 4.79 Å². The van der Waals surface area contributed by atoms with E-state index >= 15 is 0 Å². The number of hydrogen-bond acceptors (Lipinski definition) is 3. The van der Waals surface area contributed by atoms with E-state index in [0.717, 1.165) is 19.6 Å². The highest BCUT2D eigenvalue weighted by molar-refractivity contribution is 5.81. The molecule has 3 unspecified atom stereocenters. The number of nitrogens with zero attached hydrogens (tertiary/aromatic N) is 2. The Labute approximate surface area is 129 Å². The standard InChI is InChI=1S/C17H31N3O/c1-3-18-14-11-15-7-6-8-16(12-14)20(15)13(2)17(21)19-9-4-5-10-19/h13-16,18H,3-12H2,1-2H3. The van der Waals surface area contributed by atoms with E-state index in [9.17, 15) is 4.79 Å². The Balaban J connectivity index is 1.67. The number of hydrogen-bond donors (Lipinski definition) is 1. The maximum Gasteiger partial charge on any atom is 0.239 e. The minimum atomic E-state index is 0.0842. The molecule has 21 heavy (non-hydrogen) atoms. The molecular formula is C17H31N3O. The molecule has 0 aromatic carbocycles. The molecule has 2 bridgehead atoms. The Morgan fingerprint density at radius 1 is 1.14 bits per heavy atom. The fourth-order valence-electron chi connectivity index (χ4n) is 4.83. The predicted molar refractivity (Wildman–Crippen MR) is 85.2 cm³/mol. The first-order valence-electron chi connectivity index (χ1n) is 9.00. The van der Waals surface area contributed by atoms with Crippen LogP contribution in [0.15, 0.2) is 0 Å². The van der Waals surface area contributed by atoms with Crippen LogP contribution in [-0.2, 0) is 4.79 Å². The Morgan fingerprint density at radius 2 is 1.76 bits per heavy atom. The molecule has 1 N–H and O–H groups in total. The van der Waals surface area contributed by atoms with Crippen LogP contribution in [-0.4, -0.2) is 59.5 Å². The van der Waals surface area contributed by atoms with Gasteiger partial charge in [-0.05, 0) is 52.0 Å². The van der Waals surface area contributed by atoms with E-state index in [-0.39, 0.29) is 6.04 Å². The molecule has 0 aromatic rings. The van der Waals surface area contributed by atoms with Crippen LogP contribution < -0.4 is 5.32 Å². The highest BCUT2D eigenvalue weighted by Gasteiger charge is 2.42. The zero-order chi connectivity index (χ0) is 14.8. The Hall–Kier alpha value is -0.610. The summed E-state index contributed by atoms with van der Waals surface area (Å²) in [4.78, 5) is 17.4. The fraction of sp³-hybridized carbons (Fsp3) is 0.941. The topological polar surface area (TPSA) is 35.6 Å². The summed E-state index contributed by atoms with van der Waals surface area (Å²) < 4.78 is 0. The Bertz CT molecular complexity index is 353. The molecule has 4 nitrogen and oxygen atoms in total. The van der Waals surface area contributed by atoms with E-state index < -0.39 is 0 Å². The van der Waals surface area contributed by atoms with Crippen LogP contribution in [0.4, 0.5) is 0 Å². The van der Waals surface area contributed by atoms with Crippen molar-refractivity contribution in [1.29, 1.82) is 0 Å². The second-order valence-corrected chi connectivity index (χ2v) is 7.12. The normalized spacial score (nSPS) is 35.0. The van der Waals surface area contributed by atoms with Gasteiger partial charge in [0.15, 0.2) is 0 Å². The first kappa shape index (κ1) is 15.3. The van der Waals surface area contributed by atoms with Crippen LogP contribution in [0.5, 0.6) is 0 Å². The second kappa shape index (κ2) is 6.66. The SMILES string of the molecule is CCNC1CC2CCCC(C1)N2C(C)C(=O)N1CCCC1. The van der Waals surface area contributed by atoms with Crippen LogP contribution in [0, 0.1) is 0 Å². The van der Waals surface area contributed by atoms with Gasteiger partial charge in [0.1, 0.15) is 0 Å². The van der Waals surface area contributed by atoms with Crippen molar-refractivity contribution in [3.8, 4) is 0 Å². The lowest BCUT2D eigenvalue weighted by molar-refractivity contribution is -0.140. The number of fused-ring (bicyclic) bond motifs is 2. The smallest absolute Gasteiger partial charge is 0.239 e. The zero-order valence-corrected chi connectivity index (χ0v) is 13.7. The van der Waals surface area contributed by atoms with E-state index in [1.54, 1.807) is 0 Å². The van der Waals surface area contributed by atoms with Gasteiger partial charge < -0.3 is 10.2 Å². The largest absolute Gasteiger partial charge is 0.341 e. The third-order valence-corrected chi connectivity index (χ3v) is 5.75. The molecule has 3 rings (SSSR count). The van der Waals surface area contributed by atoms with Gasteiger partial charge in [0.25, 0.3) is 0 Å². The van der Waals surface area contributed by atoms with Crippen molar-refractivity contribution in [2.75, 3.05) is 19.6 Å². The lowest BCUT2D eigenvalue weighted by Crippen LogP contribution is -2.61. The molecule has 0 aliphatic carbocycles. The van der Waals surface area contributed by atoms with Gasteiger partial charge in [-0.3, -0.25) is 9.69 Å². The van der Waals surface area contributed by atoms with Crippen molar-refractivity contribution in [3.05, 3.63) is 0 Å². The lowest BCUT2D eigenvalue weighted by atomic mass is 9.80. The summed E-state index contributed by atoms with van der Waals surface area (Å²) >= 11 is 0. The van der Waals surface area contributed by atoms with Gasteiger partial charge in [0, 0.05) is 31.2 Å². The number of nitrogens with one attached hydrogen (secondary N) is 1. The molecule has 3 heterocycles. The average molecular weight is 293 g/mol. The number of likely N-dealkylation sites (tertiary alicyclic amines) is 1. The zero-order valence-electron chi connectivity index (χ0n) is 13.7. The van der Waals surface area contributed by atoms with Crippen molar-refractivity contribution in [2.45, 2.75) is 83.0 Å². The van der Waals surface area contributed by atoms with Crippen LogP contribution >= 0.6 is 0 Å². The first-order chi connectivity index (χ1) is 10.2. The second-order valence-electron chi connectivity index (χ2n) is 7.12. The number of rotatable bonds is 4. The fourth-order valence-corrected chi connectivity index (χ4v) is 4.83. The molecule has 0 aromatic heterocycles. The molecule has 0 spiro atoms. The molecule has 3 saturated heterocycles. The minimum Gasteiger partial charge on any atom is -0.341 e. The quantitative estimate of drug-likeness (QED) is 0.861. The highest BCUT2D eigenvalue weighted by Crippen LogP contribution is 2.36. The maximum atomic E-state index is 12.8. The Morgan fingerprint density at radius 3 is 2.33 bits per heavy atom. The van der Waals surface area contributed by atoms with E-state index in [4.69, 9.17) is 0 Å². The van der Waals surface area contributed by atoms with Gasteiger partial charge >= 0.3 is 0 Å². The van der Waals surface area contributed by atoms with Crippen molar-refractivity contribution in [2.24, 2.45) is 0 Å². The van der Waals surface area contributed by atoms with Gasteiger partial charge in [0.05, 0.1) is 6.04 Å². The molecule has 0 saturated carbocycles. The minimum absolute atomic E-state index is 0.0842. The van der Waals surface area contributed by atoms with Crippen LogP contribution in [0.1, 0.15) is 58.8 Å². The van der Waals surface area contributed by atoms with Crippen LogP contribution in [0.25, 0.3) is 0 Å². The Kier molecular flexibility index (Phi) is 4.85. The first-order valence-corrected chi connectivity index (χ1v) is 9.00. The summed E-state index contributed by atoms with van der Waals surface area (Å²) in [5.41, 5.74) is 0. The number of carbonyl (C=O) groups is 1. The maximum absolute atomic E-state index is 12.8. The van der Waals surface area contributed by atoms with E-state index in [1.807, 2.05) is 0 Å². The highest BCUT2D eigenvalue weighted by atomic mass is 16.2. The third kappa shape index (κ3) is 3.11. The summed E-state index contributed by atoms with van der Waals surface area (Å²) in [6, 6.07) is 1.97. The summed E-state index contributed by atoms with van der Waals surface area (Å²) in [5.74, 6) is 0.381. The number of amides is 1. The average Bonchev–Trinajstić information content (AvgIpc) is 2.99. The van der Waals surface area contributed by atoms with Gasteiger partial charge in [-0.25, -0.2) is 0 Å². The molecule has 120 valence electrons. The summed E-state index contributed by atoms with van der Waals surface area (Å²) in [6.07, 6.45) is 8.72. The number of carbonyl (C=O) groups excluding carboxylic acids is 1. The van der Waals surface area contributed by atoms with E-state index in [2.05, 4.69) is 29.0 Å². The van der Waals surface area contributed by atoms with Gasteiger partial charge in [-0.1, -0.05) is 13.3 Å². The van der Waals surface area contributed by atoms with Crippen molar-refractivity contribution >= 4 is 5.91 Å². The third-order valence-electron chi connectivity index (χ3n) is 5.75. The molecule has 1 amide bonds. The van der Waals surface area contributed by atoms with E-state index in [0.29, 0.717) is 24.0 Å². The molecule has 3 aliphatic rings.